The maximum atomic E-state index is 12.0. The van der Waals surface area contributed by atoms with E-state index in [-0.39, 0.29) is 11.6 Å². The summed E-state index contributed by atoms with van der Waals surface area (Å²) >= 11 is 0. The van der Waals surface area contributed by atoms with Crippen LogP contribution in [0.25, 0.3) is 0 Å². The molecule has 1 aromatic heterocycles. The van der Waals surface area contributed by atoms with Crippen LogP contribution < -0.4 is 10.5 Å². The number of sulfonamides is 1. The number of aromatic nitrogens is 1. The number of hydrogen-bond acceptors (Lipinski definition) is 4. The van der Waals surface area contributed by atoms with Crippen molar-refractivity contribution in [2.75, 3.05) is 10.5 Å². The minimum atomic E-state index is -3.42. The summed E-state index contributed by atoms with van der Waals surface area (Å²) in [5.74, 6) is -0.0621. The van der Waals surface area contributed by atoms with Gasteiger partial charge in [0.1, 0.15) is 5.84 Å². The molecule has 0 aliphatic rings. The molecule has 7 heteroatoms. The van der Waals surface area contributed by atoms with Crippen molar-refractivity contribution in [1.29, 1.82) is 5.41 Å². The molecule has 0 amide bonds. The van der Waals surface area contributed by atoms with Crippen LogP contribution in [0.3, 0.4) is 0 Å². The largest absolute Gasteiger partial charge is 0.384 e. The van der Waals surface area contributed by atoms with Gasteiger partial charge in [-0.25, -0.2) is 8.42 Å². The van der Waals surface area contributed by atoms with Crippen molar-refractivity contribution >= 4 is 21.5 Å². The predicted octanol–water partition coefficient (Wildman–Crippen LogP) is 1.35. The Kier molecular flexibility index (Phi) is 4.54. The van der Waals surface area contributed by atoms with Crippen LogP contribution in [0.4, 0.5) is 5.69 Å². The first-order chi connectivity index (χ1) is 9.96. The van der Waals surface area contributed by atoms with Crippen LogP contribution in [0.2, 0.25) is 0 Å². The second-order valence-electron chi connectivity index (χ2n) is 4.52. The number of rotatable bonds is 6. The lowest BCUT2D eigenvalue weighted by atomic mass is 10.2. The van der Waals surface area contributed by atoms with Gasteiger partial charge >= 0.3 is 0 Å². The van der Waals surface area contributed by atoms with Gasteiger partial charge in [-0.3, -0.25) is 15.1 Å². The smallest absolute Gasteiger partial charge is 0.233 e. The Labute approximate surface area is 123 Å². The number of anilines is 1. The number of nitrogens with zero attached hydrogens (tertiary/aromatic N) is 1. The monoisotopic (exact) mass is 304 g/mol. The lowest BCUT2D eigenvalue weighted by molar-refractivity contribution is 0.600. The summed E-state index contributed by atoms with van der Waals surface area (Å²) in [5.41, 5.74) is 7.27. The van der Waals surface area contributed by atoms with Gasteiger partial charge in [-0.15, -0.1) is 0 Å². The first kappa shape index (κ1) is 15.0. The molecule has 2 aromatic rings. The van der Waals surface area contributed by atoms with Gasteiger partial charge in [0, 0.05) is 23.6 Å². The molecule has 21 heavy (non-hydrogen) atoms. The van der Waals surface area contributed by atoms with Crippen molar-refractivity contribution in [2.24, 2.45) is 5.73 Å². The Balaban J connectivity index is 1.99. The number of nitrogens with one attached hydrogen (secondary N) is 2. The Hall–Kier alpha value is -2.41. The molecule has 0 atom stereocenters. The van der Waals surface area contributed by atoms with Gasteiger partial charge in [-0.1, -0.05) is 0 Å². The van der Waals surface area contributed by atoms with E-state index in [1.54, 1.807) is 48.8 Å². The number of nitrogens with two attached hydrogens (primary N) is 1. The molecule has 0 spiro atoms. The Morgan fingerprint density at radius 3 is 2.33 bits per heavy atom. The highest BCUT2D eigenvalue weighted by atomic mass is 32.2. The van der Waals surface area contributed by atoms with Crippen LogP contribution in [0.1, 0.15) is 11.1 Å². The molecular weight excluding hydrogens is 288 g/mol. The topological polar surface area (TPSA) is 109 Å². The third-order valence-corrected chi connectivity index (χ3v) is 4.17. The van der Waals surface area contributed by atoms with Gasteiger partial charge in [0.05, 0.1) is 5.75 Å². The molecule has 0 aliphatic heterocycles. The zero-order valence-electron chi connectivity index (χ0n) is 11.3. The predicted molar refractivity (Wildman–Crippen MR) is 82.8 cm³/mol. The van der Waals surface area contributed by atoms with Gasteiger partial charge in [-0.2, -0.15) is 0 Å². The maximum absolute atomic E-state index is 12.0. The summed E-state index contributed by atoms with van der Waals surface area (Å²) in [6, 6.07) is 9.95. The van der Waals surface area contributed by atoms with E-state index in [1.807, 2.05) is 0 Å². The van der Waals surface area contributed by atoms with Crippen LogP contribution >= 0.6 is 0 Å². The van der Waals surface area contributed by atoms with E-state index < -0.39 is 10.0 Å². The third kappa shape index (κ3) is 4.57. The van der Waals surface area contributed by atoms with Crippen molar-refractivity contribution in [3.63, 3.8) is 0 Å². The van der Waals surface area contributed by atoms with E-state index in [1.165, 1.54) is 0 Å². The van der Waals surface area contributed by atoms with E-state index in [0.717, 1.165) is 5.56 Å². The first-order valence-corrected chi connectivity index (χ1v) is 7.95. The fourth-order valence-electron chi connectivity index (χ4n) is 1.75. The van der Waals surface area contributed by atoms with E-state index in [2.05, 4.69) is 9.71 Å². The van der Waals surface area contributed by atoms with E-state index >= 15 is 0 Å². The summed E-state index contributed by atoms with van der Waals surface area (Å²) in [4.78, 5) is 3.89. The van der Waals surface area contributed by atoms with Crippen LogP contribution in [0.15, 0.2) is 48.8 Å². The van der Waals surface area contributed by atoms with Gasteiger partial charge in [0.15, 0.2) is 0 Å². The lowest BCUT2D eigenvalue weighted by Crippen LogP contribution is -2.18. The molecular formula is C14H16N4O2S. The minimum absolute atomic E-state index is 0.00846. The minimum Gasteiger partial charge on any atom is -0.384 e. The fraction of sp³-hybridized carbons (Fsp3) is 0.143. The van der Waals surface area contributed by atoms with Crippen molar-refractivity contribution in [1.82, 2.24) is 4.98 Å². The quantitative estimate of drug-likeness (QED) is 0.553. The summed E-state index contributed by atoms with van der Waals surface area (Å²) in [7, 11) is -3.42. The summed E-state index contributed by atoms with van der Waals surface area (Å²) < 4.78 is 26.5. The van der Waals surface area contributed by atoms with Crippen LogP contribution in [0, 0.1) is 5.41 Å². The highest BCUT2D eigenvalue weighted by Crippen LogP contribution is 2.12. The Bertz CT molecular complexity index is 712. The summed E-state index contributed by atoms with van der Waals surface area (Å²) in [6.45, 7) is 0. The number of hydrogen-bond donors (Lipinski definition) is 3. The normalized spacial score (nSPS) is 11.0. The maximum Gasteiger partial charge on any atom is 0.233 e. The molecule has 1 heterocycles. The second kappa shape index (κ2) is 6.36. The molecule has 0 saturated heterocycles. The first-order valence-electron chi connectivity index (χ1n) is 6.30. The summed E-state index contributed by atoms with van der Waals surface area (Å²) in [5, 5.41) is 7.28. The molecule has 6 nitrogen and oxygen atoms in total. The summed E-state index contributed by atoms with van der Waals surface area (Å²) in [6.07, 6.45) is 3.69. The van der Waals surface area contributed by atoms with E-state index in [0.29, 0.717) is 17.7 Å². The molecule has 4 N–H and O–H groups in total. The number of amidine groups is 1. The Morgan fingerprint density at radius 1 is 1.14 bits per heavy atom. The Morgan fingerprint density at radius 2 is 1.76 bits per heavy atom. The number of nitrogen functional groups attached to an aromatic ring is 1. The SMILES string of the molecule is N=C(N)c1ccc(NS(=O)(=O)CCc2ccncc2)cc1. The molecule has 0 unspecified atom stereocenters. The highest BCUT2D eigenvalue weighted by molar-refractivity contribution is 7.92. The highest BCUT2D eigenvalue weighted by Gasteiger charge is 2.10. The number of aryl methyl sites for hydroxylation is 1. The van der Waals surface area contributed by atoms with Crippen molar-refractivity contribution in [3.8, 4) is 0 Å². The molecule has 0 radical (unpaired) electrons. The molecule has 0 bridgehead atoms. The number of pyridine rings is 1. The van der Waals surface area contributed by atoms with E-state index in [4.69, 9.17) is 11.1 Å². The van der Waals surface area contributed by atoms with Crippen molar-refractivity contribution in [2.45, 2.75) is 6.42 Å². The van der Waals surface area contributed by atoms with Crippen molar-refractivity contribution < 1.29 is 8.42 Å². The van der Waals surface area contributed by atoms with Gasteiger partial charge in [0.25, 0.3) is 0 Å². The zero-order valence-corrected chi connectivity index (χ0v) is 12.1. The number of benzene rings is 1. The fourth-order valence-corrected chi connectivity index (χ4v) is 2.85. The molecule has 1 aromatic carbocycles. The average Bonchev–Trinajstić information content (AvgIpc) is 2.46. The molecule has 0 fully saturated rings. The second-order valence-corrected chi connectivity index (χ2v) is 6.36. The molecule has 0 saturated carbocycles. The van der Waals surface area contributed by atoms with Crippen LogP contribution in [-0.2, 0) is 16.4 Å². The van der Waals surface area contributed by atoms with Crippen molar-refractivity contribution in [3.05, 3.63) is 59.9 Å². The van der Waals surface area contributed by atoms with Crippen LogP contribution in [0.5, 0.6) is 0 Å². The average molecular weight is 304 g/mol. The molecule has 2 rings (SSSR count). The van der Waals surface area contributed by atoms with Gasteiger partial charge in [0.2, 0.25) is 10.0 Å². The standard InChI is InChI=1S/C14H16N4O2S/c15-14(16)12-1-3-13(4-2-12)18-21(19,20)10-7-11-5-8-17-9-6-11/h1-6,8-9,18H,7,10H2,(H3,15,16). The molecule has 0 aliphatic carbocycles. The van der Waals surface area contributed by atoms with Crippen LogP contribution in [-0.4, -0.2) is 25.0 Å². The zero-order chi connectivity index (χ0) is 15.3. The van der Waals surface area contributed by atoms with E-state index in [9.17, 15) is 8.42 Å². The molecule has 110 valence electrons. The lowest BCUT2D eigenvalue weighted by Gasteiger charge is -2.08. The third-order valence-electron chi connectivity index (χ3n) is 2.88. The van der Waals surface area contributed by atoms with Gasteiger partial charge < -0.3 is 5.73 Å². The van der Waals surface area contributed by atoms with Gasteiger partial charge in [-0.05, 0) is 48.4 Å².